The van der Waals surface area contributed by atoms with Crippen LogP contribution in [0.3, 0.4) is 0 Å². The fourth-order valence-corrected chi connectivity index (χ4v) is 2.86. The minimum Gasteiger partial charge on any atom is -0.467 e. The highest BCUT2D eigenvalue weighted by Gasteiger charge is 2.15. The highest BCUT2D eigenvalue weighted by atomic mass is 32.1. The quantitative estimate of drug-likeness (QED) is 0.730. The van der Waals surface area contributed by atoms with Crippen molar-refractivity contribution in [1.82, 2.24) is 0 Å². The van der Waals surface area contributed by atoms with Crippen LogP contribution in [0.15, 0.2) is 52.5 Å². The zero-order valence-corrected chi connectivity index (χ0v) is 9.41. The standard InChI is InChI=1S/C13H11NOS/c14-13(11-5-3-7-15-11)10-8-16-12-6-2-1-4-9(10)12/h1-8,13H,14H2. The van der Waals surface area contributed by atoms with Crippen LogP contribution in [0.4, 0.5) is 0 Å². The van der Waals surface area contributed by atoms with Crippen LogP contribution >= 0.6 is 11.3 Å². The molecule has 3 rings (SSSR count). The summed E-state index contributed by atoms with van der Waals surface area (Å²) in [4.78, 5) is 0. The Hall–Kier alpha value is -1.58. The Labute approximate surface area is 97.3 Å². The minimum atomic E-state index is -0.175. The number of rotatable bonds is 2. The molecule has 0 radical (unpaired) electrons. The first-order chi connectivity index (χ1) is 7.86. The molecule has 1 aromatic carbocycles. The molecule has 0 aliphatic rings. The molecule has 0 saturated carbocycles. The lowest BCUT2D eigenvalue weighted by Gasteiger charge is -2.07. The second kappa shape index (κ2) is 3.77. The molecule has 80 valence electrons. The van der Waals surface area contributed by atoms with Gasteiger partial charge in [-0.2, -0.15) is 0 Å². The van der Waals surface area contributed by atoms with Crippen molar-refractivity contribution in [2.24, 2.45) is 5.73 Å². The SMILES string of the molecule is NC(c1ccco1)c1csc2ccccc12. The minimum absolute atomic E-state index is 0.175. The van der Waals surface area contributed by atoms with Crippen molar-refractivity contribution >= 4 is 21.4 Å². The summed E-state index contributed by atoms with van der Waals surface area (Å²) in [6.45, 7) is 0. The van der Waals surface area contributed by atoms with Crippen molar-refractivity contribution < 1.29 is 4.42 Å². The van der Waals surface area contributed by atoms with E-state index in [2.05, 4.69) is 17.5 Å². The lowest BCUT2D eigenvalue weighted by molar-refractivity contribution is 0.491. The number of benzene rings is 1. The molecule has 0 saturated heterocycles. The van der Waals surface area contributed by atoms with Gasteiger partial charge in [-0.1, -0.05) is 18.2 Å². The zero-order chi connectivity index (χ0) is 11.0. The normalized spacial score (nSPS) is 13.1. The molecule has 0 bridgehead atoms. The predicted octanol–water partition coefficient (Wildman–Crippen LogP) is 3.54. The molecule has 0 fully saturated rings. The van der Waals surface area contributed by atoms with E-state index in [1.165, 1.54) is 10.1 Å². The second-order valence-corrected chi connectivity index (χ2v) is 4.59. The van der Waals surface area contributed by atoms with Crippen LogP contribution in [0.1, 0.15) is 17.4 Å². The van der Waals surface area contributed by atoms with Crippen LogP contribution in [-0.2, 0) is 0 Å². The molecule has 2 nitrogen and oxygen atoms in total. The highest BCUT2D eigenvalue weighted by molar-refractivity contribution is 7.17. The van der Waals surface area contributed by atoms with Crippen molar-refractivity contribution in [3.8, 4) is 0 Å². The summed E-state index contributed by atoms with van der Waals surface area (Å²) in [5.74, 6) is 0.809. The third kappa shape index (κ3) is 1.45. The molecule has 2 heterocycles. The van der Waals surface area contributed by atoms with Crippen molar-refractivity contribution in [3.05, 3.63) is 59.4 Å². The van der Waals surface area contributed by atoms with Gasteiger partial charge < -0.3 is 10.2 Å². The van der Waals surface area contributed by atoms with Crippen molar-refractivity contribution in [3.63, 3.8) is 0 Å². The number of hydrogen-bond donors (Lipinski definition) is 1. The van der Waals surface area contributed by atoms with Gasteiger partial charge in [0, 0.05) is 4.70 Å². The van der Waals surface area contributed by atoms with E-state index in [4.69, 9.17) is 10.2 Å². The summed E-state index contributed by atoms with van der Waals surface area (Å²) >= 11 is 1.72. The fraction of sp³-hybridized carbons (Fsp3) is 0.0769. The van der Waals surface area contributed by atoms with Crippen LogP contribution in [0, 0.1) is 0 Å². The van der Waals surface area contributed by atoms with E-state index in [-0.39, 0.29) is 6.04 Å². The number of hydrogen-bond acceptors (Lipinski definition) is 3. The number of thiophene rings is 1. The van der Waals surface area contributed by atoms with E-state index in [0.717, 1.165) is 11.3 Å². The first kappa shape index (κ1) is 9.63. The van der Waals surface area contributed by atoms with E-state index in [1.54, 1.807) is 17.6 Å². The van der Waals surface area contributed by atoms with E-state index < -0.39 is 0 Å². The van der Waals surface area contributed by atoms with E-state index in [0.29, 0.717) is 0 Å². The number of fused-ring (bicyclic) bond motifs is 1. The van der Waals surface area contributed by atoms with E-state index >= 15 is 0 Å². The third-order valence-corrected chi connectivity index (χ3v) is 3.68. The van der Waals surface area contributed by atoms with Crippen molar-refractivity contribution in [2.45, 2.75) is 6.04 Å². The molecule has 1 unspecified atom stereocenters. The molecule has 3 aromatic rings. The highest BCUT2D eigenvalue weighted by Crippen LogP contribution is 2.32. The Kier molecular flexibility index (Phi) is 2.27. The maximum atomic E-state index is 6.18. The van der Waals surface area contributed by atoms with Gasteiger partial charge in [-0.3, -0.25) is 0 Å². The van der Waals surface area contributed by atoms with Crippen LogP contribution in [0.25, 0.3) is 10.1 Å². The summed E-state index contributed by atoms with van der Waals surface area (Å²) in [6.07, 6.45) is 1.66. The Morgan fingerprint density at radius 2 is 2.00 bits per heavy atom. The molecular weight excluding hydrogens is 218 g/mol. The zero-order valence-electron chi connectivity index (χ0n) is 8.59. The average Bonchev–Trinajstić information content (AvgIpc) is 2.98. The maximum Gasteiger partial charge on any atom is 0.125 e. The summed E-state index contributed by atoms with van der Waals surface area (Å²) < 4.78 is 6.61. The lowest BCUT2D eigenvalue weighted by atomic mass is 10.0. The Bertz CT molecular complexity index is 597. The van der Waals surface area contributed by atoms with E-state index in [9.17, 15) is 0 Å². The maximum absolute atomic E-state index is 6.18. The first-order valence-corrected chi connectivity index (χ1v) is 5.99. The summed E-state index contributed by atoms with van der Waals surface area (Å²) in [5.41, 5.74) is 7.32. The summed E-state index contributed by atoms with van der Waals surface area (Å²) in [6, 6.07) is 11.9. The molecule has 16 heavy (non-hydrogen) atoms. The monoisotopic (exact) mass is 229 g/mol. The topological polar surface area (TPSA) is 39.2 Å². The lowest BCUT2D eigenvalue weighted by Crippen LogP contribution is -2.09. The second-order valence-electron chi connectivity index (χ2n) is 3.68. The summed E-state index contributed by atoms with van der Waals surface area (Å²) in [5, 5.41) is 3.33. The molecule has 2 aromatic heterocycles. The van der Waals surface area contributed by atoms with Gasteiger partial charge in [-0.25, -0.2) is 0 Å². The van der Waals surface area contributed by atoms with Gasteiger partial charge in [0.15, 0.2) is 0 Å². The molecule has 0 aliphatic carbocycles. The largest absolute Gasteiger partial charge is 0.467 e. The molecule has 0 aliphatic heterocycles. The average molecular weight is 229 g/mol. The number of furan rings is 1. The van der Waals surface area contributed by atoms with Gasteiger partial charge in [-0.05, 0) is 34.5 Å². The van der Waals surface area contributed by atoms with Gasteiger partial charge in [0.1, 0.15) is 5.76 Å². The van der Waals surface area contributed by atoms with Crippen LogP contribution < -0.4 is 5.73 Å². The predicted molar refractivity (Wildman–Crippen MR) is 66.6 cm³/mol. The third-order valence-electron chi connectivity index (χ3n) is 2.70. The van der Waals surface area contributed by atoms with E-state index in [1.807, 2.05) is 24.3 Å². The van der Waals surface area contributed by atoms with Crippen molar-refractivity contribution in [1.29, 1.82) is 0 Å². The molecule has 0 spiro atoms. The van der Waals surface area contributed by atoms with Gasteiger partial charge >= 0.3 is 0 Å². The summed E-state index contributed by atoms with van der Waals surface area (Å²) in [7, 11) is 0. The van der Waals surface area contributed by atoms with Crippen LogP contribution in [0.2, 0.25) is 0 Å². The smallest absolute Gasteiger partial charge is 0.125 e. The van der Waals surface area contributed by atoms with Crippen LogP contribution in [-0.4, -0.2) is 0 Å². The molecular formula is C13H11NOS. The first-order valence-electron chi connectivity index (χ1n) is 5.11. The molecule has 1 atom stereocenters. The van der Waals surface area contributed by atoms with Gasteiger partial charge in [-0.15, -0.1) is 11.3 Å². The Balaban J connectivity index is 2.12. The Morgan fingerprint density at radius 3 is 2.81 bits per heavy atom. The molecule has 0 amide bonds. The number of nitrogens with two attached hydrogens (primary N) is 1. The molecule has 2 N–H and O–H groups in total. The Morgan fingerprint density at radius 1 is 1.12 bits per heavy atom. The van der Waals surface area contributed by atoms with Gasteiger partial charge in [0.25, 0.3) is 0 Å². The van der Waals surface area contributed by atoms with Gasteiger partial charge in [0.2, 0.25) is 0 Å². The van der Waals surface area contributed by atoms with Gasteiger partial charge in [0.05, 0.1) is 12.3 Å². The fourth-order valence-electron chi connectivity index (χ4n) is 1.86. The van der Waals surface area contributed by atoms with Crippen LogP contribution in [0.5, 0.6) is 0 Å². The molecule has 3 heteroatoms. The van der Waals surface area contributed by atoms with Crippen molar-refractivity contribution in [2.75, 3.05) is 0 Å².